The van der Waals surface area contributed by atoms with Crippen molar-refractivity contribution in [3.63, 3.8) is 0 Å². The predicted octanol–water partition coefficient (Wildman–Crippen LogP) is 18.3. The maximum Gasteiger partial charge on any atom is 0.135 e. The summed E-state index contributed by atoms with van der Waals surface area (Å²) in [6.07, 6.45) is 38.4. The van der Waals surface area contributed by atoms with Gasteiger partial charge in [-0.3, -0.25) is 0 Å². The second kappa shape index (κ2) is 16.9. The molecule has 13 rings (SSSR count). The number of hydrogen-bond acceptors (Lipinski definition) is 1. The molecule has 332 valence electrons. The molecule has 5 aliphatic carbocycles. The van der Waals surface area contributed by atoms with E-state index in [4.69, 9.17) is 4.42 Å². The second-order valence-electron chi connectivity index (χ2n) is 20.3. The van der Waals surface area contributed by atoms with Crippen LogP contribution in [0.4, 0.5) is 0 Å². The van der Waals surface area contributed by atoms with Crippen molar-refractivity contribution in [1.29, 1.82) is 0 Å². The highest BCUT2D eigenvalue weighted by Crippen LogP contribution is 2.48. The van der Waals surface area contributed by atoms with Crippen LogP contribution in [0.15, 0.2) is 161 Å². The van der Waals surface area contributed by atoms with E-state index in [1.54, 1.807) is 11.1 Å². The maximum absolute atomic E-state index is 6.69. The maximum atomic E-state index is 6.69. The second-order valence-corrected chi connectivity index (χ2v) is 20.3. The average molecular weight is 873 g/mol. The summed E-state index contributed by atoms with van der Waals surface area (Å²) in [4.78, 5) is 0. The van der Waals surface area contributed by atoms with Gasteiger partial charge in [0.2, 0.25) is 0 Å². The predicted molar refractivity (Wildman–Crippen MR) is 283 cm³/mol. The lowest BCUT2D eigenvalue weighted by atomic mass is 9.76. The summed E-state index contributed by atoms with van der Waals surface area (Å²) in [5, 5.41) is 5.08. The van der Waals surface area contributed by atoms with E-state index in [1.807, 2.05) is 0 Å². The molecule has 2 fully saturated rings. The highest BCUT2D eigenvalue weighted by atomic mass is 16.3. The number of rotatable bonds is 5. The van der Waals surface area contributed by atoms with Gasteiger partial charge in [-0.05, 0) is 195 Å². The highest BCUT2D eigenvalue weighted by molar-refractivity contribution is 6.07. The Morgan fingerprint density at radius 2 is 1.22 bits per heavy atom. The van der Waals surface area contributed by atoms with E-state index < -0.39 is 0 Å². The molecule has 0 radical (unpaired) electrons. The van der Waals surface area contributed by atoms with Gasteiger partial charge in [0.05, 0.1) is 16.7 Å². The molecule has 3 nitrogen and oxygen atoms in total. The third-order valence-corrected chi connectivity index (χ3v) is 16.4. The van der Waals surface area contributed by atoms with Gasteiger partial charge in [-0.25, -0.2) is 0 Å². The summed E-state index contributed by atoms with van der Waals surface area (Å²) < 4.78 is 11.8. The van der Waals surface area contributed by atoms with E-state index in [0.717, 1.165) is 41.2 Å². The molecule has 0 saturated heterocycles. The zero-order valence-electron chi connectivity index (χ0n) is 38.9. The van der Waals surface area contributed by atoms with Gasteiger partial charge in [-0.2, -0.15) is 0 Å². The van der Waals surface area contributed by atoms with Crippen LogP contribution in [0, 0.1) is 5.92 Å². The topological polar surface area (TPSA) is 23.0 Å². The van der Waals surface area contributed by atoms with E-state index in [9.17, 15) is 0 Å². The Morgan fingerprint density at radius 1 is 0.537 bits per heavy atom. The Labute approximate surface area is 395 Å². The molecule has 5 aromatic carbocycles. The van der Waals surface area contributed by atoms with Crippen molar-refractivity contribution in [1.82, 2.24) is 9.13 Å². The molecule has 3 unspecified atom stereocenters. The van der Waals surface area contributed by atoms with Crippen LogP contribution in [0.25, 0.3) is 84.0 Å². The number of hydrogen-bond donors (Lipinski definition) is 0. The zero-order valence-corrected chi connectivity index (χ0v) is 38.9. The van der Waals surface area contributed by atoms with Gasteiger partial charge in [0.15, 0.2) is 0 Å². The minimum absolute atomic E-state index is 0.479. The molecular weight excluding hydrogens is 813 g/mol. The lowest BCUT2D eigenvalue weighted by molar-refractivity contribution is 0.507. The largest absolute Gasteiger partial charge is 0.456 e. The van der Waals surface area contributed by atoms with E-state index >= 15 is 0 Å². The van der Waals surface area contributed by atoms with Crippen molar-refractivity contribution in [2.45, 2.75) is 109 Å². The summed E-state index contributed by atoms with van der Waals surface area (Å²) in [6.45, 7) is 2.38. The molecular formula is C64H60N2O. The first-order valence-electron chi connectivity index (χ1n) is 25.7. The average Bonchev–Trinajstić information content (AvgIpc) is 4.01. The molecule has 0 amide bonds. The molecule has 5 aliphatic rings. The SMILES string of the molecule is CCC1CCCCC/C=C\c2c1c1ccccc1n2-c1ccc2oc3ccc(-n4c5c(c6cc(-c7ccccc7/C7=C/C=C\C=C8\CCCC7C8)ccc64)C4CCC/C(=C/C=C\5)C4)cc3c2c1. The number of benzene rings is 5. The molecule has 3 heteroatoms. The Balaban J connectivity index is 0.981. The number of fused-ring (bicyclic) bond motifs is 14. The van der Waals surface area contributed by atoms with Gasteiger partial charge in [0.25, 0.3) is 0 Å². The van der Waals surface area contributed by atoms with Gasteiger partial charge in [0.1, 0.15) is 11.2 Å². The standard InChI is InChI=1S/C64H60N2O/c1-2-44-21-6-4-3-5-7-29-59-63(44)53-27-12-13-28-57(53)65(59)48-32-35-61-54(40-48)55-41-49(33-36-62(55)67-61)66-58-34-31-46(39-56(58)64-47-23-15-19-43(38-47)20-16-30-60(64)66)51-25-10-11-26-52(51)50-24-9-8-17-42-18-14-22-45(50)37-42/h7-13,16-17,20,24-36,39-41,44-45,47H,2-6,14-15,18-19,21-23,37-38H2,1H3/b9-8-,29-7-,30-16-,42-17-,43-20-,50-24+. The summed E-state index contributed by atoms with van der Waals surface area (Å²) in [5.41, 5.74) is 21.1. The van der Waals surface area contributed by atoms with Crippen LogP contribution in [-0.4, -0.2) is 9.13 Å². The molecule has 3 aromatic heterocycles. The minimum Gasteiger partial charge on any atom is -0.456 e. The fourth-order valence-electron chi connectivity index (χ4n) is 13.2. The quantitative estimate of drug-likeness (QED) is 0.169. The number of nitrogens with zero attached hydrogens (tertiary/aromatic N) is 2. The van der Waals surface area contributed by atoms with Crippen molar-refractivity contribution in [3.8, 4) is 22.5 Å². The van der Waals surface area contributed by atoms with Gasteiger partial charge in [0, 0.05) is 38.6 Å². The molecule has 4 bridgehead atoms. The third kappa shape index (κ3) is 6.99. The van der Waals surface area contributed by atoms with Crippen LogP contribution in [0.3, 0.4) is 0 Å². The smallest absolute Gasteiger partial charge is 0.135 e. The van der Waals surface area contributed by atoms with Crippen LogP contribution in [-0.2, 0) is 0 Å². The first-order chi connectivity index (χ1) is 33.2. The number of furan rings is 1. The lowest BCUT2D eigenvalue weighted by Gasteiger charge is -2.29. The molecule has 2 saturated carbocycles. The van der Waals surface area contributed by atoms with E-state index in [0.29, 0.717) is 17.8 Å². The summed E-state index contributed by atoms with van der Waals surface area (Å²) in [5.74, 6) is 1.57. The molecule has 0 aliphatic heterocycles. The highest BCUT2D eigenvalue weighted by Gasteiger charge is 2.30. The number of aromatic nitrogens is 2. The Hall–Kier alpha value is -6.58. The third-order valence-electron chi connectivity index (χ3n) is 16.4. The van der Waals surface area contributed by atoms with E-state index in [2.05, 4.69) is 174 Å². The molecule has 3 atom stereocenters. The van der Waals surface area contributed by atoms with Crippen LogP contribution >= 0.6 is 0 Å². The number of para-hydroxylation sites is 1. The molecule has 8 aromatic rings. The summed E-state index contributed by atoms with van der Waals surface area (Å²) in [6, 6.07) is 39.5. The van der Waals surface area contributed by atoms with Crippen molar-refractivity contribution < 1.29 is 4.42 Å². The Morgan fingerprint density at radius 3 is 2.03 bits per heavy atom. The van der Waals surface area contributed by atoms with Crippen molar-refractivity contribution in [3.05, 3.63) is 185 Å². The molecule has 67 heavy (non-hydrogen) atoms. The summed E-state index contributed by atoms with van der Waals surface area (Å²) >= 11 is 0. The zero-order chi connectivity index (χ0) is 44.4. The van der Waals surface area contributed by atoms with Gasteiger partial charge in [-0.1, -0.05) is 122 Å². The first kappa shape index (κ1) is 40.7. The Kier molecular flexibility index (Phi) is 10.3. The van der Waals surface area contributed by atoms with E-state index in [-0.39, 0.29) is 0 Å². The van der Waals surface area contributed by atoms with E-state index in [1.165, 1.54) is 149 Å². The summed E-state index contributed by atoms with van der Waals surface area (Å²) in [7, 11) is 0. The fourth-order valence-corrected chi connectivity index (χ4v) is 13.2. The van der Waals surface area contributed by atoms with Crippen molar-refractivity contribution in [2.24, 2.45) is 5.92 Å². The van der Waals surface area contributed by atoms with Crippen LogP contribution < -0.4 is 0 Å². The monoisotopic (exact) mass is 872 g/mol. The minimum atomic E-state index is 0.479. The molecule has 3 heterocycles. The van der Waals surface area contributed by atoms with Gasteiger partial charge in [-0.15, -0.1) is 0 Å². The van der Waals surface area contributed by atoms with Crippen molar-refractivity contribution in [2.75, 3.05) is 0 Å². The normalized spacial score (nSPS) is 24.5. The van der Waals surface area contributed by atoms with Gasteiger partial charge < -0.3 is 13.6 Å². The van der Waals surface area contributed by atoms with Crippen molar-refractivity contribution >= 4 is 61.5 Å². The first-order valence-corrected chi connectivity index (χ1v) is 25.7. The molecule has 0 N–H and O–H groups in total. The van der Waals surface area contributed by atoms with Gasteiger partial charge >= 0.3 is 0 Å². The number of allylic oxidation sites excluding steroid dienone is 10. The van der Waals surface area contributed by atoms with Crippen LogP contribution in [0.5, 0.6) is 0 Å². The van der Waals surface area contributed by atoms with Crippen LogP contribution in [0.2, 0.25) is 0 Å². The fraction of sp³-hybridized carbons (Fsp3) is 0.281. The molecule has 0 spiro atoms. The lowest BCUT2D eigenvalue weighted by Crippen LogP contribution is -2.12. The Bertz CT molecular complexity index is 3460. The van der Waals surface area contributed by atoms with Crippen LogP contribution in [0.1, 0.15) is 137 Å².